The number of carbonyl (C=O) groups is 2. The van der Waals surface area contributed by atoms with Crippen molar-refractivity contribution < 1.29 is 42.4 Å². The van der Waals surface area contributed by atoms with Gasteiger partial charge in [0.15, 0.2) is 5.82 Å². The third-order valence-electron chi connectivity index (χ3n) is 8.87. The van der Waals surface area contributed by atoms with Gasteiger partial charge in [0.2, 0.25) is 12.2 Å². The van der Waals surface area contributed by atoms with Gasteiger partial charge in [-0.2, -0.15) is 9.97 Å². The molecule has 14 heteroatoms. The number of aromatic hydroxyl groups is 1. The molecule has 47 heavy (non-hydrogen) atoms. The summed E-state index contributed by atoms with van der Waals surface area (Å²) in [6.45, 7) is 3.46. The van der Waals surface area contributed by atoms with Crippen LogP contribution in [0.25, 0.3) is 32.9 Å². The lowest BCUT2D eigenvalue weighted by atomic mass is 9.95. The third kappa shape index (κ3) is 4.84. The van der Waals surface area contributed by atoms with Gasteiger partial charge in [-0.05, 0) is 36.4 Å². The molecule has 3 aliphatic heterocycles. The predicted molar refractivity (Wildman–Crippen MR) is 164 cm³/mol. The number of aromatic nitrogens is 3. The minimum atomic E-state index is -1.07. The van der Waals surface area contributed by atoms with E-state index in [9.17, 15) is 19.1 Å². The summed E-state index contributed by atoms with van der Waals surface area (Å²) in [7, 11) is 1.36. The third-order valence-corrected chi connectivity index (χ3v) is 8.87. The highest BCUT2D eigenvalue weighted by molar-refractivity contribution is 6.04. The van der Waals surface area contributed by atoms with E-state index in [2.05, 4.69) is 20.9 Å². The molecule has 2 aromatic carbocycles. The number of phenolic OH excluding ortho intramolecular Hbond substituents is 1. The zero-order valence-corrected chi connectivity index (χ0v) is 25.6. The van der Waals surface area contributed by atoms with Crippen molar-refractivity contribution in [3.8, 4) is 41.2 Å². The van der Waals surface area contributed by atoms with Crippen LogP contribution in [0.15, 0.2) is 24.3 Å². The number of ether oxygens (including phenoxy) is 4. The Labute approximate surface area is 267 Å². The molecule has 1 amide bonds. The highest BCUT2D eigenvalue weighted by atomic mass is 19.1. The number of methoxy groups -OCH3 is 1. The second-order valence-electron chi connectivity index (χ2n) is 11.5. The summed E-state index contributed by atoms with van der Waals surface area (Å²) in [5, 5.41) is 11.3. The van der Waals surface area contributed by atoms with Crippen LogP contribution in [-0.4, -0.2) is 81.7 Å². The van der Waals surface area contributed by atoms with Gasteiger partial charge in [-0.1, -0.05) is 18.9 Å². The number of halogens is 2. The molecule has 12 nitrogen and oxygen atoms in total. The Morgan fingerprint density at radius 2 is 1.96 bits per heavy atom. The van der Waals surface area contributed by atoms with Crippen LogP contribution < -0.4 is 14.4 Å². The number of hydrogen-bond acceptors (Lipinski definition) is 11. The normalized spacial score (nSPS) is 20.2. The Hall–Kier alpha value is -5.45. The summed E-state index contributed by atoms with van der Waals surface area (Å²) >= 11 is 0. The minimum absolute atomic E-state index is 0.00343. The lowest BCUT2D eigenvalue weighted by Crippen LogP contribution is -2.63. The number of anilines is 1. The van der Waals surface area contributed by atoms with Crippen LogP contribution in [0.2, 0.25) is 0 Å². The first kappa shape index (κ1) is 30.2. The molecule has 242 valence electrons. The zero-order valence-electron chi connectivity index (χ0n) is 25.6. The van der Waals surface area contributed by atoms with Crippen molar-refractivity contribution in [3.05, 3.63) is 41.5 Å². The van der Waals surface area contributed by atoms with Crippen molar-refractivity contribution in [1.29, 1.82) is 0 Å². The van der Waals surface area contributed by atoms with Crippen molar-refractivity contribution in [2.75, 3.05) is 25.2 Å². The Bertz CT molecular complexity index is 2020. The molecule has 4 aromatic rings. The molecular formula is C33H29F2N5O7. The largest absolute Gasteiger partial charge is 0.508 e. The lowest BCUT2D eigenvalue weighted by molar-refractivity contribution is -0.166. The molecule has 2 bridgehead atoms. The average Bonchev–Trinajstić information content (AvgIpc) is 3.29. The molecule has 2 saturated heterocycles. The van der Waals surface area contributed by atoms with Crippen LogP contribution in [0.5, 0.6) is 17.6 Å². The van der Waals surface area contributed by atoms with Crippen LogP contribution in [0.4, 0.5) is 19.4 Å². The van der Waals surface area contributed by atoms with Gasteiger partial charge in [0, 0.05) is 30.8 Å². The molecule has 0 spiro atoms. The quantitative estimate of drug-likeness (QED) is 0.184. The van der Waals surface area contributed by atoms with Gasteiger partial charge in [0.1, 0.15) is 40.6 Å². The van der Waals surface area contributed by atoms with Gasteiger partial charge in [-0.15, -0.1) is 6.42 Å². The summed E-state index contributed by atoms with van der Waals surface area (Å²) < 4.78 is 53.8. The van der Waals surface area contributed by atoms with Crippen molar-refractivity contribution in [1.82, 2.24) is 19.9 Å². The summed E-state index contributed by atoms with van der Waals surface area (Å²) in [4.78, 5) is 42.1. The first-order chi connectivity index (χ1) is 22.6. The van der Waals surface area contributed by atoms with E-state index in [1.54, 1.807) is 11.8 Å². The van der Waals surface area contributed by atoms with E-state index in [0.29, 0.717) is 30.6 Å². The number of piperazine rings is 1. The number of carbonyl (C=O) groups excluding carboxylic acids is 2. The molecule has 0 saturated carbocycles. The van der Waals surface area contributed by atoms with Gasteiger partial charge in [0.05, 0.1) is 30.8 Å². The summed E-state index contributed by atoms with van der Waals surface area (Å²) in [6, 6.07) is 4.01. The number of hydrogen-bond donors (Lipinski definition) is 1. The molecule has 4 unspecified atom stereocenters. The number of nitrogens with zero attached hydrogens (tertiary/aromatic N) is 5. The molecule has 0 aliphatic carbocycles. The Balaban J connectivity index is 1.34. The standard InChI is InChI=1S/C33H29F2N5O7/c1-5-19-21(34)9-7-16-11-18(41)12-20(25(16)19)28-27(35)29-26-30(38-32(37-29)44-4)39-13-17-8-10-22(23(39)14-45-31(26)36-28)40(17)33(43)47-15(3)46-24(42)6-2/h1,7,9,11-12,15,17,22-23,41H,6,8,10,13-14H2,2-4H3. The maximum atomic E-state index is 16.7. The topological polar surface area (TPSA) is 136 Å². The number of terminal acetylenes is 1. The van der Waals surface area contributed by atoms with Gasteiger partial charge >= 0.3 is 18.1 Å². The van der Waals surface area contributed by atoms with E-state index >= 15 is 4.39 Å². The molecule has 3 aliphatic rings. The van der Waals surface area contributed by atoms with Crippen molar-refractivity contribution in [2.45, 2.75) is 57.5 Å². The number of phenols is 1. The minimum Gasteiger partial charge on any atom is -0.508 e. The highest BCUT2D eigenvalue weighted by Gasteiger charge is 2.51. The second kappa shape index (κ2) is 11.4. The molecule has 4 atom stereocenters. The fourth-order valence-corrected chi connectivity index (χ4v) is 6.87. The van der Waals surface area contributed by atoms with Crippen molar-refractivity contribution in [3.63, 3.8) is 0 Å². The average molecular weight is 646 g/mol. The number of benzene rings is 2. The van der Waals surface area contributed by atoms with Crippen LogP contribution in [0, 0.1) is 24.0 Å². The molecule has 0 radical (unpaired) electrons. The van der Waals surface area contributed by atoms with Crippen LogP contribution in [-0.2, 0) is 14.3 Å². The Kier molecular flexibility index (Phi) is 7.34. The van der Waals surface area contributed by atoms with Crippen LogP contribution >= 0.6 is 0 Å². The molecule has 7 rings (SSSR count). The molecule has 1 N–H and O–H groups in total. The highest BCUT2D eigenvalue weighted by Crippen LogP contribution is 2.46. The van der Waals surface area contributed by atoms with Gasteiger partial charge < -0.3 is 29.0 Å². The first-order valence-electron chi connectivity index (χ1n) is 15.1. The van der Waals surface area contributed by atoms with E-state index in [1.165, 1.54) is 38.3 Å². The van der Waals surface area contributed by atoms with Crippen molar-refractivity contribution >= 4 is 39.6 Å². The number of amides is 1. The monoisotopic (exact) mass is 645 g/mol. The second-order valence-corrected chi connectivity index (χ2v) is 11.5. The van der Waals surface area contributed by atoms with E-state index < -0.39 is 36.0 Å². The summed E-state index contributed by atoms with van der Waals surface area (Å²) in [6.07, 6.45) is 5.39. The van der Waals surface area contributed by atoms with Gasteiger partial charge in [0.25, 0.3) is 0 Å². The molecule has 5 heterocycles. The fraction of sp³-hybridized carbons (Fsp3) is 0.364. The lowest BCUT2D eigenvalue weighted by Gasteiger charge is -2.46. The maximum absolute atomic E-state index is 16.7. The molecule has 2 fully saturated rings. The van der Waals surface area contributed by atoms with E-state index in [-0.39, 0.29) is 75.9 Å². The fourth-order valence-electron chi connectivity index (χ4n) is 6.87. The number of rotatable bonds is 5. The van der Waals surface area contributed by atoms with Gasteiger partial charge in [-0.25, -0.2) is 18.6 Å². The summed E-state index contributed by atoms with van der Waals surface area (Å²) in [5.41, 5.74) is -0.517. The summed E-state index contributed by atoms with van der Waals surface area (Å²) in [5.74, 6) is 0.367. The number of fused-ring (bicyclic) bond motifs is 6. The van der Waals surface area contributed by atoms with Crippen molar-refractivity contribution in [2.24, 2.45) is 0 Å². The zero-order chi connectivity index (χ0) is 33.1. The van der Waals surface area contributed by atoms with Gasteiger partial charge in [-0.3, -0.25) is 9.69 Å². The van der Waals surface area contributed by atoms with Crippen LogP contribution in [0.3, 0.4) is 0 Å². The van der Waals surface area contributed by atoms with E-state index in [4.69, 9.17) is 25.4 Å². The van der Waals surface area contributed by atoms with E-state index in [0.717, 1.165) is 0 Å². The predicted octanol–water partition coefficient (Wildman–Crippen LogP) is 4.67. The molecule has 2 aromatic heterocycles. The SMILES string of the molecule is C#Cc1c(F)ccc2cc(O)cc(-c3nc4c5c(nc(OC)nc5c3F)N3CC5CCC(C3CO4)N5C(=O)OC(C)OC(=O)CC)c12. The van der Waals surface area contributed by atoms with Crippen LogP contribution in [0.1, 0.15) is 38.7 Å². The Morgan fingerprint density at radius 3 is 2.70 bits per heavy atom. The first-order valence-corrected chi connectivity index (χ1v) is 15.1. The maximum Gasteiger partial charge on any atom is 0.413 e. The van der Waals surface area contributed by atoms with E-state index in [1.807, 2.05) is 4.90 Å². The number of pyridine rings is 1. The Morgan fingerprint density at radius 1 is 1.15 bits per heavy atom. The molecular weight excluding hydrogens is 616 g/mol. The smallest absolute Gasteiger partial charge is 0.413 e. The number of esters is 1.